The highest BCUT2D eigenvalue weighted by atomic mass is 19.4. The summed E-state index contributed by atoms with van der Waals surface area (Å²) in [6.07, 6.45) is 0.703. The highest BCUT2D eigenvalue weighted by Gasteiger charge is 2.29. The molecule has 190 valence electrons. The molecule has 3 aromatic rings. The van der Waals surface area contributed by atoms with Crippen LogP contribution in [0.25, 0.3) is 16.8 Å². The third-order valence-corrected chi connectivity index (χ3v) is 6.12. The van der Waals surface area contributed by atoms with Crippen molar-refractivity contribution in [3.05, 3.63) is 54.5 Å². The highest BCUT2D eigenvalue weighted by Crippen LogP contribution is 2.30. The maximum atomic E-state index is 13.0. The summed E-state index contributed by atoms with van der Waals surface area (Å²) in [6.45, 7) is 8.42. The van der Waals surface area contributed by atoms with E-state index in [1.54, 1.807) is 18.0 Å². The quantitative estimate of drug-likeness (QED) is 0.348. The van der Waals surface area contributed by atoms with E-state index < -0.39 is 18.6 Å². The zero-order chi connectivity index (χ0) is 25.6. The fraction of sp³-hybridized carbons (Fsp3) is 0.462. The summed E-state index contributed by atoms with van der Waals surface area (Å²) >= 11 is 0. The Morgan fingerprint density at radius 2 is 1.97 bits per heavy atom. The molecule has 1 N–H and O–H groups in total. The average molecular weight is 491 g/mol. The van der Waals surface area contributed by atoms with Gasteiger partial charge >= 0.3 is 12.2 Å². The number of pyridine rings is 1. The summed E-state index contributed by atoms with van der Waals surface area (Å²) in [4.78, 5) is 19.0. The lowest BCUT2D eigenvalue weighted by Crippen LogP contribution is -2.45. The minimum Gasteiger partial charge on any atom is -0.490 e. The first-order valence-corrected chi connectivity index (χ1v) is 12.0. The molecule has 3 rings (SSSR count). The number of carbonyl (C=O) groups excluding carboxylic acids is 1. The fourth-order valence-electron chi connectivity index (χ4n) is 4.15. The van der Waals surface area contributed by atoms with Crippen molar-refractivity contribution in [3.63, 3.8) is 0 Å². The number of hydrogen-bond acceptors (Lipinski definition) is 3. The molecule has 1 aromatic carbocycles. The van der Waals surface area contributed by atoms with Crippen LogP contribution in [-0.4, -0.2) is 45.7 Å². The lowest BCUT2D eigenvalue weighted by molar-refractivity contribution is -0.136. The number of halogens is 3. The first-order valence-electron chi connectivity index (χ1n) is 12.0. The van der Waals surface area contributed by atoms with Crippen LogP contribution in [0.1, 0.15) is 58.6 Å². The molecule has 2 amide bonds. The van der Waals surface area contributed by atoms with E-state index >= 15 is 0 Å². The molecule has 0 aliphatic heterocycles. The molecule has 0 fully saturated rings. The maximum Gasteiger partial charge on any atom is 0.389 e. The fourth-order valence-corrected chi connectivity index (χ4v) is 4.15. The minimum atomic E-state index is -4.24. The number of nitrogens with one attached hydrogen (secondary N) is 1. The van der Waals surface area contributed by atoms with Crippen LogP contribution in [0.2, 0.25) is 0 Å². The molecule has 0 aliphatic rings. The molecule has 35 heavy (non-hydrogen) atoms. The molecule has 2 aromatic heterocycles. The van der Waals surface area contributed by atoms with Gasteiger partial charge in [-0.2, -0.15) is 13.2 Å². The lowest BCUT2D eigenvalue weighted by Gasteiger charge is -2.31. The number of rotatable bonds is 10. The van der Waals surface area contributed by atoms with Crippen LogP contribution in [0.15, 0.2) is 48.9 Å². The molecule has 0 aliphatic carbocycles. The Morgan fingerprint density at radius 3 is 2.63 bits per heavy atom. The number of imidazole rings is 1. The summed E-state index contributed by atoms with van der Waals surface area (Å²) < 4.78 is 45.6. The molecule has 0 spiro atoms. The van der Waals surface area contributed by atoms with Crippen molar-refractivity contribution in [3.8, 4) is 16.9 Å². The highest BCUT2D eigenvalue weighted by molar-refractivity contribution is 5.75. The van der Waals surface area contributed by atoms with Gasteiger partial charge in [0.25, 0.3) is 0 Å². The SMILES string of the molecule is CCOc1cc(-c2cccc([C@@H](C)N(CC)C(=O)NC(CC)CCC(F)(F)F)c2)cn2ccnc12. The van der Waals surface area contributed by atoms with Crippen LogP contribution < -0.4 is 10.1 Å². The first-order chi connectivity index (χ1) is 16.7. The predicted molar refractivity (Wildman–Crippen MR) is 130 cm³/mol. The van der Waals surface area contributed by atoms with E-state index in [1.807, 2.05) is 67.9 Å². The molecule has 2 heterocycles. The van der Waals surface area contributed by atoms with Crippen molar-refractivity contribution in [2.24, 2.45) is 0 Å². The Labute approximate surface area is 204 Å². The Kier molecular flexibility index (Phi) is 8.64. The van der Waals surface area contributed by atoms with Gasteiger partial charge in [0.1, 0.15) is 0 Å². The van der Waals surface area contributed by atoms with Gasteiger partial charge in [0, 0.05) is 43.2 Å². The molecule has 0 bridgehead atoms. The van der Waals surface area contributed by atoms with Crippen molar-refractivity contribution in [2.45, 2.75) is 65.2 Å². The number of fused-ring (bicyclic) bond motifs is 1. The van der Waals surface area contributed by atoms with Gasteiger partial charge in [0.05, 0.1) is 12.6 Å². The monoisotopic (exact) mass is 490 g/mol. The lowest BCUT2D eigenvalue weighted by atomic mass is 10.00. The normalized spacial score (nSPS) is 13.5. The number of ether oxygens (including phenoxy) is 1. The molecule has 0 saturated heterocycles. The number of alkyl halides is 3. The summed E-state index contributed by atoms with van der Waals surface area (Å²) in [5.41, 5.74) is 3.56. The predicted octanol–water partition coefficient (Wildman–Crippen LogP) is 6.61. The van der Waals surface area contributed by atoms with Crippen LogP contribution in [0.4, 0.5) is 18.0 Å². The van der Waals surface area contributed by atoms with E-state index in [-0.39, 0.29) is 18.5 Å². The number of carbonyl (C=O) groups is 1. The largest absolute Gasteiger partial charge is 0.490 e. The van der Waals surface area contributed by atoms with Gasteiger partial charge in [-0.15, -0.1) is 0 Å². The van der Waals surface area contributed by atoms with E-state index in [9.17, 15) is 18.0 Å². The third-order valence-electron chi connectivity index (χ3n) is 6.12. The van der Waals surface area contributed by atoms with Gasteiger partial charge in [-0.3, -0.25) is 0 Å². The second-order valence-electron chi connectivity index (χ2n) is 8.48. The van der Waals surface area contributed by atoms with Crippen LogP contribution in [0.5, 0.6) is 5.75 Å². The van der Waals surface area contributed by atoms with Gasteiger partial charge in [0.2, 0.25) is 0 Å². The number of hydrogen-bond donors (Lipinski definition) is 1. The zero-order valence-electron chi connectivity index (χ0n) is 20.6. The van der Waals surface area contributed by atoms with Crippen molar-refractivity contribution >= 4 is 11.7 Å². The molecule has 0 radical (unpaired) electrons. The van der Waals surface area contributed by atoms with E-state index in [0.717, 1.165) is 22.3 Å². The Bertz CT molecular complexity index is 1130. The van der Waals surface area contributed by atoms with E-state index in [0.29, 0.717) is 25.3 Å². The molecule has 2 atom stereocenters. The van der Waals surface area contributed by atoms with Crippen molar-refractivity contribution < 1.29 is 22.7 Å². The Balaban J connectivity index is 1.81. The van der Waals surface area contributed by atoms with E-state index in [4.69, 9.17) is 4.74 Å². The van der Waals surface area contributed by atoms with Crippen molar-refractivity contribution in [2.75, 3.05) is 13.2 Å². The van der Waals surface area contributed by atoms with Crippen LogP contribution >= 0.6 is 0 Å². The number of benzene rings is 1. The van der Waals surface area contributed by atoms with E-state index in [1.165, 1.54) is 0 Å². The van der Waals surface area contributed by atoms with Crippen LogP contribution in [0.3, 0.4) is 0 Å². The smallest absolute Gasteiger partial charge is 0.389 e. The molecular formula is C26H33F3N4O2. The van der Waals surface area contributed by atoms with Crippen LogP contribution in [-0.2, 0) is 0 Å². The first kappa shape index (κ1) is 26.4. The topological polar surface area (TPSA) is 58.9 Å². The molecule has 1 unspecified atom stereocenters. The second-order valence-corrected chi connectivity index (χ2v) is 8.48. The molecular weight excluding hydrogens is 457 g/mol. The van der Waals surface area contributed by atoms with Gasteiger partial charge in [-0.25, -0.2) is 9.78 Å². The second kappa shape index (κ2) is 11.5. The van der Waals surface area contributed by atoms with Crippen molar-refractivity contribution in [1.29, 1.82) is 0 Å². The van der Waals surface area contributed by atoms with Gasteiger partial charge in [-0.1, -0.05) is 25.1 Å². The summed E-state index contributed by atoms with van der Waals surface area (Å²) in [6, 6.07) is 8.68. The summed E-state index contributed by atoms with van der Waals surface area (Å²) in [5, 5.41) is 2.79. The van der Waals surface area contributed by atoms with Gasteiger partial charge < -0.3 is 19.4 Å². The molecule has 9 heteroatoms. The van der Waals surface area contributed by atoms with Gasteiger partial charge in [-0.05, 0) is 56.9 Å². The number of amides is 2. The Hall–Kier alpha value is -3.23. The molecule has 0 saturated carbocycles. The average Bonchev–Trinajstić information content (AvgIpc) is 3.31. The number of nitrogens with zero attached hydrogens (tertiary/aromatic N) is 3. The Morgan fingerprint density at radius 1 is 1.20 bits per heavy atom. The number of urea groups is 1. The third kappa shape index (κ3) is 6.68. The van der Waals surface area contributed by atoms with Gasteiger partial charge in [0.15, 0.2) is 11.4 Å². The van der Waals surface area contributed by atoms with Crippen molar-refractivity contribution in [1.82, 2.24) is 19.6 Å². The van der Waals surface area contributed by atoms with E-state index in [2.05, 4.69) is 10.3 Å². The zero-order valence-corrected chi connectivity index (χ0v) is 20.6. The molecule has 6 nitrogen and oxygen atoms in total. The maximum absolute atomic E-state index is 13.0. The number of aromatic nitrogens is 2. The summed E-state index contributed by atoms with van der Waals surface area (Å²) in [7, 11) is 0. The van der Waals surface area contributed by atoms with Crippen LogP contribution in [0, 0.1) is 0 Å². The standard InChI is InChI=1S/C26H33F3N4O2/c1-5-22(11-12-26(27,28)29)31-25(34)33(6-2)18(4)19-9-8-10-20(15-19)21-16-23(35-7-3)24-30-13-14-32(24)17-21/h8-10,13-18,22H,5-7,11-12H2,1-4H3,(H,31,34)/t18-,22?/m1/s1. The minimum absolute atomic E-state index is 0.133. The summed E-state index contributed by atoms with van der Waals surface area (Å²) in [5.74, 6) is 0.687.